The van der Waals surface area contributed by atoms with E-state index in [1.165, 1.54) is 0 Å². The highest BCUT2D eigenvalue weighted by Crippen LogP contribution is 2.49. The molecule has 0 spiro atoms. The van der Waals surface area contributed by atoms with Gasteiger partial charge in [-0.25, -0.2) is 4.79 Å². The number of carbonyl (C=O) groups excluding carboxylic acids is 1. The second-order valence-electron chi connectivity index (χ2n) is 9.83. The van der Waals surface area contributed by atoms with Crippen molar-refractivity contribution >= 4 is 5.97 Å². The molecule has 4 aliphatic rings. The molecule has 0 aromatic carbocycles. The SMILES string of the molecule is CCOC(=O)c1cc([C@@H]2O[C@H](CO)[C@H]3OC(C)(C)O[C@H]32)oc1[C@@H]1O[C@H](CO)[C@H]2OC(C)(C)O[C@H]21. The third-order valence-electron chi connectivity index (χ3n) is 6.47. The molecule has 0 radical (unpaired) electrons. The van der Waals surface area contributed by atoms with Crippen LogP contribution >= 0.6 is 0 Å². The fourth-order valence-corrected chi connectivity index (χ4v) is 5.24. The van der Waals surface area contributed by atoms with E-state index in [1.807, 2.05) is 0 Å². The molecule has 1 aromatic heterocycles. The van der Waals surface area contributed by atoms with Gasteiger partial charge >= 0.3 is 5.97 Å². The van der Waals surface area contributed by atoms with E-state index in [4.69, 9.17) is 37.6 Å². The minimum Gasteiger partial charge on any atom is -0.462 e. The van der Waals surface area contributed by atoms with E-state index in [-0.39, 0.29) is 31.1 Å². The van der Waals surface area contributed by atoms with Crippen LogP contribution in [0.5, 0.6) is 0 Å². The number of furan rings is 1. The van der Waals surface area contributed by atoms with Crippen molar-refractivity contribution in [3.8, 4) is 0 Å². The Bertz CT molecular complexity index is 924. The maximum Gasteiger partial charge on any atom is 0.341 e. The minimum atomic E-state index is -0.888. The van der Waals surface area contributed by atoms with Crippen LogP contribution < -0.4 is 0 Å². The standard InChI is InChI=1S/C23H32O11/c1-6-27-21(26)10-7-11(15-19-16(12(8-24)29-15)31-22(2,3)33-19)28-14(10)18-20-17(13(9-25)30-18)32-23(4,5)34-20/h7,12-13,15-20,24-25H,6,8-9H2,1-5H3/t12-,13-,15+,16-,17-,18+,19+,20-/m1/s1. The summed E-state index contributed by atoms with van der Waals surface area (Å²) in [5, 5.41) is 19.6. The molecule has 1 aromatic rings. The molecule has 4 saturated heterocycles. The van der Waals surface area contributed by atoms with Crippen LogP contribution in [0.25, 0.3) is 0 Å². The van der Waals surface area contributed by atoms with E-state index in [0.29, 0.717) is 5.76 Å². The quantitative estimate of drug-likeness (QED) is 0.567. The van der Waals surface area contributed by atoms with Gasteiger partial charge in [-0.2, -0.15) is 0 Å². The number of hydrogen-bond donors (Lipinski definition) is 2. The van der Waals surface area contributed by atoms with Gasteiger partial charge in [-0.15, -0.1) is 0 Å². The summed E-state index contributed by atoms with van der Waals surface area (Å²) in [6.07, 6.45) is -5.00. The molecule has 2 N–H and O–H groups in total. The van der Waals surface area contributed by atoms with E-state index in [9.17, 15) is 15.0 Å². The lowest BCUT2D eigenvalue weighted by atomic mass is 10.0. The van der Waals surface area contributed by atoms with Crippen LogP contribution in [0, 0.1) is 0 Å². The number of fused-ring (bicyclic) bond motifs is 2. The van der Waals surface area contributed by atoms with Gasteiger partial charge in [0.15, 0.2) is 11.6 Å². The van der Waals surface area contributed by atoms with Crippen molar-refractivity contribution in [2.45, 2.75) is 95.0 Å². The molecule has 34 heavy (non-hydrogen) atoms. The number of rotatable bonds is 6. The van der Waals surface area contributed by atoms with E-state index in [2.05, 4.69) is 0 Å². The molecule has 0 saturated carbocycles. The number of aliphatic hydroxyl groups is 2. The zero-order valence-electron chi connectivity index (χ0n) is 19.9. The van der Waals surface area contributed by atoms with Gasteiger partial charge in [0.1, 0.15) is 65.9 Å². The Balaban J connectivity index is 1.51. The molecule has 5 rings (SSSR count). The Kier molecular flexibility index (Phi) is 6.05. The highest BCUT2D eigenvalue weighted by molar-refractivity contribution is 5.91. The Morgan fingerprint density at radius 2 is 1.38 bits per heavy atom. The lowest BCUT2D eigenvalue weighted by Gasteiger charge is -2.23. The van der Waals surface area contributed by atoms with Gasteiger partial charge in [0.25, 0.3) is 0 Å². The number of hydrogen-bond acceptors (Lipinski definition) is 11. The summed E-state index contributed by atoms with van der Waals surface area (Å²) in [4.78, 5) is 12.9. The summed E-state index contributed by atoms with van der Waals surface area (Å²) in [5.41, 5.74) is 0.165. The first-order chi connectivity index (χ1) is 16.1. The molecule has 11 heteroatoms. The second kappa shape index (κ2) is 8.52. The van der Waals surface area contributed by atoms with Crippen molar-refractivity contribution < 1.29 is 52.6 Å². The second-order valence-corrected chi connectivity index (χ2v) is 9.83. The average Bonchev–Trinajstić information content (AvgIpc) is 3.52. The molecule has 11 nitrogen and oxygen atoms in total. The van der Waals surface area contributed by atoms with E-state index >= 15 is 0 Å². The van der Waals surface area contributed by atoms with Crippen LogP contribution in [0.15, 0.2) is 10.5 Å². The van der Waals surface area contributed by atoms with Crippen LogP contribution in [-0.2, 0) is 33.2 Å². The summed E-state index contributed by atoms with van der Waals surface area (Å²) in [6.45, 7) is 8.46. The van der Waals surface area contributed by atoms with Gasteiger partial charge in [-0.05, 0) is 40.7 Å². The predicted molar refractivity (Wildman–Crippen MR) is 112 cm³/mol. The molecule has 4 fully saturated rings. The molecular weight excluding hydrogens is 452 g/mol. The number of esters is 1. The molecule has 5 heterocycles. The van der Waals surface area contributed by atoms with Crippen LogP contribution in [0.2, 0.25) is 0 Å². The van der Waals surface area contributed by atoms with Crippen molar-refractivity contribution in [3.05, 3.63) is 23.2 Å². The number of aliphatic hydroxyl groups excluding tert-OH is 2. The smallest absolute Gasteiger partial charge is 0.341 e. The maximum absolute atomic E-state index is 12.9. The average molecular weight is 484 g/mol. The van der Waals surface area contributed by atoms with Gasteiger partial charge < -0.3 is 47.8 Å². The van der Waals surface area contributed by atoms with Gasteiger partial charge in [-0.3, -0.25) is 0 Å². The van der Waals surface area contributed by atoms with Gasteiger partial charge in [0, 0.05) is 0 Å². The summed E-state index contributed by atoms with van der Waals surface area (Å²) in [7, 11) is 0. The van der Waals surface area contributed by atoms with Gasteiger partial charge in [0.2, 0.25) is 0 Å². The maximum atomic E-state index is 12.9. The summed E-state index contributed by atoms with van der Waals surface area (Å²) in [6, 6.07) is 1.55. The van der Waals surface area contributed by atoms with Crippen LogP contribution in [0.1, 0.15) is 68.7 Å². The van der Waals surface area contributed by atoms with E-state index in [0.717, 1.165) is 0 Å². The monoisotopic (exact) mass is 484 g/mol. The van der Waals surface area contributed by atoms with Crippen molar-refractivity contribution in [2.24, 2.45) is 0 Å². The molecule has 0 bridgehead atoms. The lowest BCUT2D eigenvalue weighted by molar-refractivity contribution is -0.194. The van der Waals surface area contributed by atoms with E-state index < -0.39 is 66.4 Å². The first-order valence-corrected chi connectivity index (χ1v) is 11.6. The van der Waals surface area contributed by atoms with Crippen molar-refractivity contribution in [1.29, 1.82) is 0 Å². The minimum absolute atomic E-state index is 0.165. The van der Waals surface area contributed by atoms with Crippen LogP contribution in [0.3, 0.4) is 0 Å². The molecule has 4 aliphatic heterocycles. The zero-order valence-corrected chi connectivity index (χ0v) is 19.9. The van der Waals surface area contributed by atoms with E-state index in [1.54, 1.807) is 40.7 Å². The fourth-order valence-electron chi connectivity index (χ4n) is 5.24. The molecule has 0 aliphatic carbocycles. The third kappa shape index (κ3) is 3.97. The summed E-state index contributed by atoms with van der Waals surface area (Å²) < 4.78 is 47.5. The first-order valence-electron chi connectivity index (χ1n) is 11.6. The largest absolute Gasteiger partial charge is 0.462 e. The number of ether oxygens (including phenoxy) is 7. The molecule has 190 valence electrons. The van der Waals surface area contributed by atoms with Crippen molar-refractivity contribution in [2.75, 3.05) is 19.8 Å². The molecular formula is C23H32O11. The van der Waals surface area contributed by atoms with Gasteiger partial charge in [0.05, 0.1) is 19.8 Å². The predicted octanol–water partition coefficient (Wildman–Crippen LogP) is 1.36. The fraction of sp³-hybridized carbons (Fsp3) is 0.783. The third-order valence-corrected chi connectivity index (χ3v) is 6.47. The molecule has 0 amide bonds. The Morgan fingerprint density at radius 3 is 1.91 bits per heavy atom. The zero-order chi connectivity index (χ0) is 24.4. The normalized spacial score (nSPS) is 39.9. The van der Waals surface area contributed by atoms with Gasteiger partial charge in [-0.1, -0.05) is 0 Å². The highest BCUT2D eigenvalue weighted by Gasteiger charge is 2.59. The first kappa shape index (κ1) is 24.1. The Labute approximate surface area is 197 Å². The highest BCUT2D eigenvalue weighted by atomic mass is 16.8. The summed E-state index contributed by atoms with van der Waals surface area (Å²) in [5.74, 6) is -1.82. The molecule has 8 atom stereocenters. The van der Waals surface area contributed by atoms with Crippen molar-refractivity contribution in [3.63, 3.8) is 0 Å². The topological polar surface area (TPSA) is 135 Å². The Morgan fingerprint density at radius 1 is 0.882 bits per heavy atom. The Hall–Kier alpha value is -1.57. The van der Waals surface area contributed by atoms with Crippen molar-refractivity contribution in [1.82, 2.24) is 0 Å². The molecule has 0 unspecified atom stereocenters. The number of carbonyl (C=O) groups is 1. The van der Waals surface area contributed by atoms with Crippen LogP contribution in [-0.4, -0.2) is 84.2 Å². The van der Waals surface area contributed by atoms with Crippen LogP contribution in [0.4, 0.5) is 0 Å². The lowest BCUT2D eigenvalue weighted by Crippen LogP contribution is -2.31. The summed E-state index contributed by atoms with van der Waals surface area (Å²) >= 11 is 0.